The summed E-state index contributed by atoms with van der Waals surface area (Å²) in [5, 5.41) is 4.01. The van der Waals surface area contributed by atoms with Crippen LogP contribution in [-0.4, -0.2) is 50.1 Å². The summed E-state index contributed by atoms with van der Waals surface area (Å²) in [5.74, 6) is -1.03. The zero-order valence-electron chi connectivity index (χ0n) is 13.3. The molecule has 0 aliphatic carbocycles. The van der Waals surface area contributed by atoms with Crippen LogP contribution < -0.4 is 4.72 Å². The summed E-state index contributed by atoms with van der Waals surface area (Å²) in [7, 11) is -0.957. The number of rotatable bonds is 9. The van der Waals surface area contributed by atoms with Gasteiger partial charge in [-0.25, -0.2) is 8.42 Å². The maximum absolute atomic E-state index is 11.7. The molecule has 0 bridgehead atoms. The van der Waals surface area contributed by atoms with Gasteiger partial charge in [-0.15, -0.1) is 0 Å². The zero-order chi connectivity index (χ0) is 17.5. The Morgan fingerprint density at radius 3 is 2.30 bits per heavy atom. The van der Waals surface area contributed by atoms with Crippen molar-refractivity contribution < 1.29 is 27.5 Å². The summed E-state index contributed by atoms with van der Waals surface area (Å²) >= 11 is 0. The minimum Gasteiger partial charge on any atom is -0.469 e. The lowest BCUT2D eigenvalue weighted by atomic mass is 10.1. The maximum Gasteiger partial charge on any atom is 0.307 e. The van der Waals surface area contributed by atoms with Gasteiger partial charge in [-0.3, -0.25) is 19.0 Å². The Labute approximate surface area is 135 Å². The van der Waals surface area contributed by atoms with Gasteiger partial charge in [0.2, 0.25) is 10.0 Å². The predicted octanol–water partition coefficient (Wildman–Crippen LogP) is 0.702. The number of nitrogens with zero attached hydrogens (tertiary/aromatic N) is 2. The fourth-order valence-corrected chi connectivity index (χ4v) is 3.00. The van der Waals surface area contributed by atoms with Crippen LogP contribution in [0.3, 0.4) is 0 Å². The van der Waals surface area contributed by atoms with E-state index in [0.29, 0.717) is 6.42 Å². The van der Waals surface area contributed by atoms with E-state index in [1.165, 1.54) is 31.3 Å². The molecule has 23 heavy (non-hydrogen) atoms. The Morgan fingerprint density at radius 2 is 1.83 bits per heavy atom. The van der Waals surface area contributed by atoms with Gasteiger partial charge in [0, 0.05) is 6.20 Å². The number of anilines is 1. The van der Waals surface area contributed by atoms with Crippen LogP contribution in [0.1, 0.15) is 32.2 Å². The van der Waals surface area contributed by atoms with Gasteiger partial charge in [0.1, 0.15) is 0 Å². The van der Waals surface area contributed by atoms with E-state index >= 15 is 0 Å². The summed E-state index contributed by atoms with van der Waals surface area (Å²) in [6.07, 6.45) is 3.04. The first-order valence-electron chi connectivity index (χ1n) is 6.99. The molecule has 1 rings (SSSR count). The smallest absolute Gasteiger partial charge is 0.307 e. The first kappa shape index (κ1) is 18.9. The average molecular weight is 347 g/mol. The Bertz CT molecular complexity index is 622. The molecule has 1 N–H and O–H groups in total. The molecule has 0 saturated carbocycles. The van der Waals surface area contributed by atoms with Gasteiger partial charge in [0.15, 0.2) is 0 Å². The van der Waals surface area contributed by atoms with Crippen molar-refractivity contribution in [2.45, 2.75) is 32.2 Å². The van der Waals surface area contributed by atoms with Crippen LogP contribution in [-0.2, 0) is 29.1 Å². The lowest BCUT2D eigenvalue weighted by molar-refractivity contribution is -0.144. The molecule has 1 aromatic heterocycles. The van der Waals surface area contributed by atoms with E-state index in [1.807, 2.05) is 0 Å². The van der Waals surface area contributed by atoms with Crippen LogP contribution >= 0.6 is 0 Å². The molecule has 0 unspecified atom stereocenters. The lowest BCUT2D eigenvalue weighted by Gasteiger charge is -2.15. The van der Waals surface area contributed by atoms with Gasteiger partial charge in [0.05, 0.1) is 50.7 Å². The van der Waals surface area contributed by atoms with Crippen molar-refractivity contribution in [1.29, 1.82) is 0 Å². The minimum atomic E-state index is -3.44. The van der Waals surface area contributed by atoms with E-state index in [4.69, 9.17) is 0 Å². The van der Waals surface area contributed by atoms with Crippen LogP contribution in [0, 0.1) is 0 Å². The van der Waals surface area contributed by atoms with Crippen molar-refractivity contribution in [3.05, 3.63) is 12.4 Å². The molecule has 1 heterocycles. The van der Waals surface area contributed by atoms with E-state index in [9.17, 15) is 18.0 Å². The maximum atomic E-state index is 11.7. The standard InChI is InChI=1S/C13H21N3O6S/c1-4-5-23(19,20)15-10-8-14-16(9-10)11(6-12(17)21-2)7-13(18)22-3/h8-9,11,15H,4-7H2,1-3H3. The quantitative estimate of drug-likeness (QED) is 0.654. The van der Waals surface area contributed by atoms with Crippen LogP contribution in [0.4, 0.5) is 5.69 Å². The number of sulfonamides is 1. The van der Waals surface area contributed by atoms with Crippen molar-refractivity contribution in [2.75, 3.05) is 24.7 Å². The minimum absolute atomic E-state index is 0.00801. The van der Waals surface area contributed by atoms with E-state index in [1.54, 1.807) is 6.92 Å². The fourth-order valence-electron chi connectivity index (χ4n) is 1.90. The summed E-state index contributed by atoms with van der Waals surface area (Å²) in [5.41, 5.74) is 0.262. The highest BCUT2D eigenvalue weighted by Gasteiger charge is 2.22. The highest BCUT2D eigenvalue weighted by Crippen LogP contribution is 2.20. The summed E-state index contributed by atoms with van der Waals surface area (Å²) in [4.78, 5) is 22.9. The number of carbonyl (C=O) groups is 2. The SMILES string of the molecule is CCCS(=O)(=O)Nc1cnn(C(CC(=O)OC)CC(=O)OC)c1. The second kappa shape index (κ2) is 8.51. The number of esters is 2. The molecule has 130 valence electrons. The van der Waals surface area contributed by atoms with Gasteiger partial charge in [-0.1, -0.05) is 6.92 Å². The second-order valence-electron chi connectivity index (χ2n) is 4.84. The predicted molar refractivity (Wildman–Crippen MR) is 82.2 cm³/mol. The van der Waals surface area contributed by atoms with Crippen LogP contribution in [0.25, 0.3) is 0 Å². The topological polar surface area (TPSA) is 117 Å². The summed E-state index contributed by atoms with van der Waals surface area (Å²) in [6, 6.07) is -0.626. The molecule has 0 fully saturated rings. The molecular formula is C13H21N3O6S. The number of nitrogens with one attached hydrogen (secondary N) is 1. The largest absolute Gasteiger partial charge is 0.469 e. The average Bonchev–Trinajstić information content (AvgIpc) is 2.93. The Hall–Kier alpha value is -2.10. The lowest BCUT2D eigenvalue weighted by Crippen LogP contribution is -2.20. The molecule has 0 saturated heterocycles. The van der Waals surface area contributed by atoms with E-state index in [-0.39, 0.29) is 24.3 Å². The van der Waals surface area contributed by atoms with Crippen molar-refractivity contribution in [2.24, 2.45) is 0 Å². The van der Waals surface area contributed by atoms with Crippen LogP contribution in [0.5, 0.6) is 0 Å². The molecule has 9 nitrogen and oxygen atoms in total. The highest BCUT2D eigenvalue weighted by atomic mass is 32.2. The van der Waals surface area contributed by atoms with Gasteiger partial charge < -0.3 is 9.47 Å². The molecule has 0 spiro atoms. The third-order valence-corrected chi connectivity index (χ3v) is 4.47. The number of methoxy groups -OCH3 is 2. The molecule has 0 amide bonds. The summed E-state index contributed by atoms with van der Waals surface area (Å²) < 4.78 is 36.4. The molecule has 0 atom stereocenters. The van der Waals surface area contributed by atoms with Gasteiger partial charge in [-0.05, 0) is 6.42 Å². The van der Waals surface area contributed by atoms with Gasteiger partial charge >= 0.3 is 11.9 Å². The molecule has 0 radical (unpaired) electrons. The van der Waals surface area contributed by atoms with Crippen molar-refractivity contribution in [3.8, 4) is 0 Å². The van der Waals surface area contributed by atoms with Gasteiger partial charge in [-0.2, -0.15) is 5.10 Å². The monoisotopic (exact) mass is 347 g/mol. The first-order valence-corrected chi connectivity index (χ1v) is 8.64. The number of aromatic nitrogens is 2. The number of hydrogen-bond acceptors (Lipinski definition) is 7. The second-order valence-corrected chi connectivity index (χ2v) is 6.69. The normalized spacial score (nSPS) is 11.3. The zero-order valence-corrected chi connectivity index (χ0v) is 14.1. The van der Waals surface area contributed by atoms with Gasteiger partial charge in [0.25, 0.3) is 0 Å². The van der Waals surface area contributed by atoms with E-state index in [0.717, 1.165) is 0 Å². The first-order chi connectivity index (χ1) is 10.8. The highest BCUT2D eigenvalue weighted by molar-refractivity contribution is 7.92. The molecule has 0 aliphatic heterocycles. The van der Waals surface area contributed by atoms with Crippen LogP contribution in [0.2, 0.25) is 0 Å². The number of carbonyl (C=O) groups excluding carboxylic acids is 2. The van der Waals surface area contributed by atoms with Crippen molar-refractivity contribution in [3.63, 3.8) is 0 Å². The molecular weight excluding hydrogens is 326 g/mol. The fraction of sp³-hybridized carbons (Fsp3) is 0.615. The molecule has 10 heteroatoms. The Kier molecular flexibility index (Phi) is 7.01. The number of ether oxygens (including phenoxy) is 2. The van der Waals surface area contributed by atoms with E-state index in [2.05, 4.69) is 19.3 Å². The van der Waals surface area contributed by atoms with E-state index < -0.39 is 28.0 Å². The van der Waals surface area contributed by atoms with Crippen LogP contribution in [0.15, 0.2) is 12.4 Å². The van der Waals surface area contributed by atoms with Crippen molar-refractivity contribution >= 4 is 27.6 Å². The Balaban J connectivity index is 2.90. The third-order valence-electron chi connectivity index (χ3n) is 2.98. The molecule has 0 aliphatic rings. The molecule has 1 aromatic rings. The number of hydrogen-bond donors (Lipinski definition) is 1. The Morgan fingerprint density at radius 1 is 1.26 bits per heavy atom. The van der Waals surface area contributed by atoms with Crippen molar-refractivity contribution in [1.82, 2.24) is 9.78 Å². The molecule has 0 aromatic carbocycles. The third kappa shape index (κ3) is 6.27. The summed E-state index contributed by atoms with van der Waals surface area (Å²) in [6.45, 7) is 1.76.